The Morgan fingerprint density at radius 3 is 2.23 bits per heavy atom. The van der Waals surface area contributed by atoms with E-state index in [0.717, 1.165) is 21.7 Å². The molecule has 0 bridgehead atoms. The van der Waals surface area contributed by atoms with Crippen LogP contribution in [0.3, 0.4) is 0 Å². The zero-order valence-electron chi connectivity index (χ0n) is 17.3. The molecule has 0 fully saturated rings. The first kappa shape index (κ1) is 20.0. The average molecular weight is 423 g/mol. The Morgan fingerprint density at radius 2 is 1.63 bits per heavy atom. The fourth-order valence-corrected chi connectivity index (χ4v) is 4.51. The molecule has 7 nitrogen and oxygen atoms in total. The van der Waals surface area contributed by atoms with Crippen molar-refractivity contribution in [3.63, 3.8) is 0 Å². The van der Waals surface area contributed by atoms with E-state index in [9.17, 15) is 4.79 Å². The third kappa shape index (κ3) is 3.13. The number of benzene rings is 2. The molecule has 154 valence electrons. The Bertz CT molecular complexity index is 1130. The van der Waals surface area contributed by atoms with Gasteiger partial charge in [0, 0.05) is 4.90 Å². The molecule has 0 aliphatic carbocycles. The van der Waals surface area contributed by atoms with Crippen molar-refractivity contribution in [3.8, 4) is 17.2 Å². The molecule has 0 radical (unpaired) electrons. The second kappa shape index (κ2) is 7.53. The molecule has 0 aromatic heterocycles. The monoisotopic (exact) mass is 423 g/mol. The molecule has 2 heterocycles. The molecular formula is C22H21N3O4S. The van der Waals surface area contributed by atoms with Crippen LogP contribution >= 0.6 is 11.8 Å². The van der Waals surface area contributed by atoms with Crippen LogP contribution in [-0.4, -0.2) is 38.2 Å². The van der Waals surface area contributed by atoms with Crippen LogP contribution in [0.25, 0.3) is 6.08 Å². The SMILES string of the molecule is COc1cc(/C=C2\C(=N)N3C(=NC2=O)Sc2cc(C)c(C)cc23)cc(OC)c1OC. The summed E-state index contributed by atoms with van der Waals surface area (Å²) in [7, 11) is 4.59. The maximum Gasteiger partial charge on any atom is 0.283 e. The number of nitrogens with zero attached hydrogens (tertiary/aromatic N) is 2. The first-order chi connectivity index (χ1) is 14.4. The zero-order valence-corrected chi connectivity index (χ0v) is 18.1. The number of amidine groups is 2. The normalized spacial score (nSPS) is 16.4. The summed E-state index contributed by atoms with van der Waals surface area (Å²) in [5, 5.41) is 9.25. The van der Waals surface area contributed by atoms with Gasteiger partial charge in [-0.05, 0) is 72.6 Å². The number of thioether (sulfide) groups is 1. The predicted molar refractivity (Wildman–Crippen MR) is 118 cm³/mol. The number of carbonyl (C=O) groups is 1. The lowest BCUT2D eigenvalue weighted by molar-refractivity contribution is -0.113. The number of rotatable bonds is 4. The van der Waals surface area contributed by atoms with Crippen molar-refractivity contribution in [2.75, 3.05) is 26.2 Å². The second-order valence-corrected chi connectivity index (χ2v) is 7.92. The molecule has 2 aromatic carbocycles. The van der Waals surface area contributed by atoms with Gasteiger partial charge in [0.15, 0.2) is 16.7 Å². The van der Waals surface area contributed by atoms with Gasteiger partial charge in [-0.3, -0.25) is 15.1 Å². The first-order valence-electron chi connectivity index (χ1n) is 9.20. The Labute approximate surface area is 178 Å². The number of amides is 1. The Balaban J connectivity index is 1.80. The fraction of sp³-hybridized carbons (Fsp3) is 0.227. The van der Waals surface area contributed by atoms with Crippen LogP contribution in [0.4, 0.5) is 5.69 Å². The number of aryl methyl sites for hydroxylation is 2. The molecule has 0 atom stereocenters. The number of hydrogen-bond donors (Lipinski definition) is 1. The van der Waals surface area contributed by atoms with Crippen LogP contribution < -0.4 is 19.1 Å². The van der Waals surface area contributed by atoms with Crippen LogP contribution in [-0.2, 0) is 4.79 Å². The van der Waals surface area contributed by atoms with Gasteiger partial charge in [0.05, 0.1) is 32.6 Å². The highest BCUT2D eigenvalue weighted by Crippen LogP contribution is 2.44. The van der Waals surface area contributed by atoms with Crippen molar-refractivity contribution in [1.82, 2.24) is 0 Å². The maximum absolute atomic E-state index is 12.7. The summed E-state index contributed by atoms with van der Waals surface area (Å²) in [5.41, 5.74) is 3.99. The number of aliphatic imine (C=N–C) groups is 1. The highest BCUT2D eigenvalue weighted by molar-refractivity contribution is 8.15. The third-order valence-corrected chi connectivity index (χ3v) is 6.12. The maximum atomic E-state index is 12.7. The van der Waals surface area contributed by atoms with Crippen LogP contribution in [0, 0.1) is 19.3 Å². The fourth-order valence-electron chi connectivity index (χ4n) is 3.42. The van der Waals surface area contributed by atoms with Gasteiger partial charge in [-0.2, -0.15) is 4.99 Å². The van der Waals surface area contributed by atoms with Crippen LogP contribution in [0.15, 0.2) is 39.7 Å². The van der Waals surface area contributed by atoms with E-state index < -0.39 is 5.91 Å². The van der Waals surface area contributed by atoms with Gasteiger partial charge in [-0.25, -0.2) is 0 Å². The molecule has 1 N–H and O–H groups in total. The minimum Gasteiger partial charge on any atom is -0.493 e. The molecule has 8 heteroatoms. The van der Waals surface area contributed by atoms with Crippen molar-refractivity contribution >= 4 is 40.4 Å². The van der Waals surface area contributed by atoms with Gasteiger partial charge in [0.2, 0.25) is 5.75 Å². The lowest BCUT2D eigenvalue weighted by Crippen LogP contribution is -2.39. The Hall–Kier alpha value is -3.26. The molecule has 0 spiro atoms. The van der Waals surface area contributed by atoms with E-state index in [2.05, 4.69) is 11.1 Å². The van der Waals surface area contributed by atoms with Gasteiger partial charge >= 0.3 is 0 Å². The average Bonchev–Trinajstić information content (AvgIpc) is 3.07. The van der Waals surface area contributed by atoms with E-state index in [1.807, 2.05) is 19.9 Å². The standard InChI is InChI=1S/C22H21N3O4S/c1-11-6-15-18(7-12(11)2)30-22-24-21(26)14(20(23)25(15)22)8-13-9-16(27-3)19(29-5)17(10-13)28-4/h6-10,23H,1-5H3/b14-8+,23-20?. The Morgan fingerprint density at radius 1 is 1.00 bits per heavy atom. The van der Waals surface area contributed by atoms with Gasteiger partial charge in [-0.1, -0.05) is 0 Å². The minimum absolute atomic E-state index is 0.0910. The number of nitrogens with one attached hydrogen (secondary N) is 1. The lowest BCUT2D eigenvalue weighted by atomic mass is 10.0. The van der Waals surface area contributed by atoms with Gasteiger partial charge in [0.25, 0.3) is 5.91 Å². The van der Waals surface area contributed by atoms with E-state index in [4.69, 9.17) is 19.6 Å². The van der Waals surface area contributed by atoms with E-state index in [0.29, 0.717) is 28.0 Å². The molecule has 0 unspecified atom stereocenters. The molecule has 2 aliphatic heterocycles. The highest BCUT2D eigenvalue weighted by atomic mass is 32.2. The van der Waals surface area contributed by atoms with Crippen LogP contribution in [0.2, 0.25) is 0 Å². The molecule has 1 amide bonds. The number of anilines is 1. The van der Waals surface area contributed by atoms with Gasteiger partial charge in [-0.15, -0.1) is 0 Å². The largest absolute Gasteiger partial charge is 0.493 e. The van der Waals surface area contributed by atoms with E-state index >= 15 is 0 Å². The lowest BCUT2D eigenvalue weighted by Gasteiger charge is -2.25. The zero-order chi connectivity index (χ0) is 21.6. The predicted octanol–water partition coefficient (Wildman–Crippen LogP) is 4.20. The Kier molecular flexibility index (Phi) is 5.03. The van der Waals surface area contributed by atoms with Crippen molar-refractivity contribution in [2.24, 2.45) is 4.99 Å². The second-order valence-electron chi connectivity index (χ2n) is 6.91. The molecule has 0 saturated heterocycles. The summed E-state index contributed by atoms with van der Waals surface area (Å²) in [6.45, 7) is 4.07. The topological polar surface area (TPSA) is 84.2 Å². The van der Waals surface area contributed by atoms with Gasteiger partial charge in [0.1, 0.15) is 5.84 Å². The summed E-state index contributed by atoms with van der Waals surface area (Å²) in [6.07, 6.45) is 1.62. The van der Waals surface area contributed by atoms with Crippen molar-refractivity contribution in [2.45, 2.75) is 18.7 Å². The van der Waals surface area contributed by atoms with E-state index in [1.54, 1.807) is 23.1 Å². The highest BCUT2D eigenvalue weighted by Gasteiger charge is 2.37. The molecule has 30 heavy (non-hydrogen) atoms. The number of methoxy groups -OCH3 is 3. The molecule has 0 saturated carbocycles. The summed E-state index contributed by atoms with van der Waals surface area (Å²) in [5.74, 6) is 1.04. The molecule has 2 aromatic rings. The quantitative estimate of drug-likeness (QED) is 0.742. The summed E-state index contributed by atoms with van der Waals surface area (Å²) in [4.78, 5) is 19.7. The summed E-state index contributed by atoms with van der Waals surface area (Å²) < 4.78 is 16.1. The van der Waals surface area contributed by atoms with E-state index in [1.165, 1.54) is 33.1 Å². The minimum atomic E-state index is -0.450. The smallest absolute Gasteiger partial charge is 0.283 e. The number of ether oxygens (including phenoxy) is 3. The molecule has 2 aliphatic rings. The third-order valence-electron chi connectivity index (χ3n) is 5.11. The van der Waals surface area contributed by atoms with E-state index in [-0.39, 0.29) is 11.4 Å². The van der Waals surface area contributed by atoms with Gasteiger partial charge < -0.3 is 14.2 Å². The number of fused-ring (bicyclic) bond motifs is 3. The van der Waals surface area contributed by atoms with Crippen molar-refractivity contribution in [1.29, 1.82) is 5.41 Å². The number of carbonyl (C=O) groups excluding carboxylic acids is 1. The summed E-state index contributed by atoms with van der Waals surface area (Å²) >= 11 is 1.41. The summed E-state index contributed by atoms with van der Waals surface area (Å²) in [6, 6.07) is 7.56. The van der Waals surface area contributed by atoms with Crippen molar-refractivity contribution in [3.05, 3.63) is 46.5 Å². The van der Waals surface area contributed by atoms with Crippen LogP contribution in [0.5, 0.6) is 17.2 Å². The number of hydrogen-bond acceptors (Lipinski definition) is 6. The molecule has 4 rings (SSSR count). The first-order valence-corrected chi connectivity index (χ1v) is 10.0. The molecular weight excluding hydrogens is 402 g/mol. The van der Waals surface area contributed by atoms with Crippen molar-refractivity contribution < 1.29 is 19.0 Å². The van der Waals surface area contributed by atoms with Crippen LogP contribution in [0.1, 0.15) is 16.7 Å².